The number of amides is 1. The number of nitro groups is 1. The van der Waals surface area contributed by atoms with E-state index in [4.69, 9.17) is 16.2 Å². The SMILES string of the molecule is NC(=O)C1(N)CCC(Oc2cc(F)c([N+](=O)[O-])cc2F)C1. The highest BCUT2D eigenvalue weighted by atomic mass is 19.1. The van der Waals surface area contributed by atoms with Crippen LogP contribution in [0.15, 0.2) is 12.1 Å². The average Bonchev–Trinajstić information content (AvgIpc) is 2.76. The number of ether oxygens (including phenoxy) is 1. The third kappa shape index (κ3) is 2.92. The van der Waals surface area contributed by atoms with Crippen molar-refractivity contribution in [1.29, 1.82) is 0 Å². The molecule has 21 heavy (non-hydrogen) atoms. The van der Waals surface area contributed by atoms with Crippen molar-refractivity contribution < 1.29 is 23.2 Å². The lowest BCUT2D eigenvalue weighted by molar-refractivity contribution is -0.387. The highest BCUT2D eigenvalue weighted by molar-refractivity contribution is 5.84. The summed E-state index contributed by atoms with van der Waals surface area (Å²) in [6.07, 6.45) is 0.0694. The van der Waals surface area contributed by atoms with Crippen molar-refractivity contribution in [3.05, 3.63) is 33.9 Å². The summed E-state index contributed by atoms with van der Waals surface area (Å²) in [6, 6.07) is 1.05. The molecule has 2 atom stereocenters. The number of benzene rings is 1. The molecular formula is C12H13F2N3O4. The van der Waals surface area contributed by atoms with E-state index in [1.54, 1.807) is 0 Å². The van der Waals surface area contributed by atoms with Crippen LogP contribution in [0.25, 0.3) is 0 Å². The van der Waals surface area contributed by atoms with Crippen LogP contribution >= 0.6 is 0 Å². The molecule has 0 spiro atoms. The number of nitrogens with zero attached hydrogens (tertiary/aromatic N) is 1. The zero-order valence-electron chi connectivity index (χ0n) is 10.8. The number of hydrogen-bond donors (Lipinski definition) is 2. The summed E-state index contributed by atoms with van der Waals surface area (Å²) in [5.74, 6) is -3.42. The normalized spacial score (nSPS) is 24.8. The zero-order valence-corrected chi connectivity index (χ0v) is 10.8. The number of nitrogens with two attached hydrogens (primary N) is 2. The third-order valence-corrected chi connectivity index (χ3v) is 3.49. The maximum absolute atomic E-state index is 13.7. The summed E-state index contributed by atoms with van der Waals surface area (Å²) >= 11 is 0. The topological polar surface area (TPSA) is 121 Å². The highest BCUT2D eigenvalue weighted by Gasteiger charge is 2.42. The molecule has 1 aliphatic rings. The molecule has 1 aliphatic carbocycles. The fourth-order valence-corrected chi connectivity index (χ4v) is 2.28. The zero-order chi connectivity index (χ0) is 15.8. The van der Waals surface area contributed by atoms with E-state index in [0.717, 1.165) is 0 Å². The van der Waals surface area contributed by atoms with Gasteiger partial charge in [-0.05, 0) is 12.8 Å². The maximum Gasteiger partial charge on any atom is 0.307 e. The lowest BCUT2D eigenvalue weighted by Crippen LogP contribution is -2.50. The minimum atomic E-state index is -1.24. The smallest absolute Gasteiger partial charge is 0.307 e. The van der Waals surface area contributed by atoms with Gasteiger partial charge in [-0.15, -0.1) is 0 Å². The van der Waals surface area contributed by atoms with E-state index in [9.17, 15) is 23.7 Å². The number of rotatable bonds is 4. The van der Waals surface area contributed by atoms with Crippen molar-refractivity contribution in [3.63, 3.8) is 0 Å². The first-order valence-corrected chi connectivity index (χ1v) is 6.12. The molecule has 1 aromatic carbocycles. The van der Waals surface area contributed by atoms with Gasteiger partial charge in [-0.3, -0.25) is 14.9 Å². The molecule has 9 heteroatoms. The van der Waals surface area contributed by atoms with Crippen molar-refractivity contribution in [1.82, 2.24) is 0 Å². The van der Waals surface area contributed by atoms with Gasteiger partial charge in [0.15, 0.2) is 11.6 Å². The van der Waals surface area contributed by atoms with Crippen LogP contribution < -0.4 is 16.2 Å². The first-order valence-electron chi connectivity index (χ1n) is 6.12. The summed E-state index contributed by atoms with van der Waals surface area (Å²) in [6.45, 7) is 0. The molecule has 1 aromatic rings. The molecule has 4 N–H and O–H groups in total. The van der Waals surface area contributed by atoms with Gasteiger partial charge in [0.05, 0.1) is 16.5 Å². The van der Waals surface area contributed by atoms with Gasteiger partial charge in [0.25, 0.3) is 0 Å². The maximum atomic E-state index is 13.7. The van der Waals surface area contributed by atoms with Crippen molar-refractivity contribution in [2.45, 2.75) is 30.9 Å². The van der Waals surface area contributed by atoms with Gasteiger partial charge in [-0.1, -0.05) is 0 Å². The van der Waals surface area contributed by atoms with E-state index in [2.05, 4.69) is 0 Å². The van der Waals surface area contributed by atoms with Gasteiger partial charge < -0.3 is 16.2 Å². The van der Waals surface area contributed by atoms with Crippen LogP contribution in [0.2, 0.25) is 0 Å². The monoisotopic (exact) mass is 301 g/mol. The Bertz CT molecular complexity index is 610. The molecule has 114 valence electrons. The predicted molar refractivity (Wildman–Crippen MR) is 67.4 cm³/mol. The van der Waals surface area contributed by atoms with E-state index >= 15 is 0 Å². The molecule has 2 rings (SSSR count). The van der Waals surface area contributed by atoms with Crippen molar-refractivity contribution in [3.8, 4) is 5.75 Å². The van der Waals surface area contributed by atoms with E-state index in [-0.39, 0.29) is 12.8 Å². The molecule has 1 fully saturated rings. The van der Waals surface area contributed by atoms with Crippen molar-refractivity contribution >= 4 is 11.6 Å². The van der Waals surface area contributed by atoms with Crippen LogP contribution in [0.1, 0.15) is 19.3 Å². The minimum Gasteiger partial charge on any atom is -0.487 e. The molecular weight excluding hydrogens is 288 g/mol. The summed E-state index contributed by atoms with van der Waals surface area (Å²) in [4.78, 5) is 20.6. The number of primary amides is 1. The Labute approximate surface area is 118 Å². The molecule has 7 nitrogen and oxygen atoms in total. The van der Waals surface area contributed by atoms with E-state index < -0.39 is 45.5 Å². The molecule has 2 unspecified atom stereocenters. The Kier molecular flexibility index (Phi) is 3.77. The van der Waals surface area contributed by atoms with Crippen molar-refractivity contribution in [2.24, 2.45) is 11.5 Å². The molecule has 0 saturated heterocycles. The summed E-state index contributed by atoms with van der Waals surface area (Å²) in [5.41, 5.74) is 8.72. The second-order valence-corrected chi connectivity index (χ2v) is 4.99. The van der Waals surface area contributed by atoms with Crippen LogP contribution in [-0.2, 0) is 4.79 Å². The van der Waals surface area contributed by atoms with Gasteiger partial charge in [0.2, 0.25) is 11.7 Å². The Balaban J connectivity index is 2.17. The van der Waals surface area contributed by atoms with Crippen molar-refractivity contribution in [2.75, 3.05) is 0 Å². The lowest BCUT2D eigenvalue weighted by atomic mass is 9.99. The van der Waals surface area contributed by atoms with E-state index in [1.807, 2.05) is 0 Å². The Morgan fingerprint density at radius 2 is 2.10 bits per heavy atom. The molecule has 0 aliphatic heterocycles. The van der Waals surface area contributed by atoms with Gasteiger partial charge in [-0.25, -0.2) is 4.39 Å². The summed E-state index contributed by atoms with van der Waals surface area (Å²) in [7, 11) is 0. The second-order valence-electron chi connectivity index (χ2n) is 4.99. The fourth-order valence-electron chi connectivity index (χ4n) is 2.28. The Morgan fingerprint density at radius 1 is 1.43 bits per heavy atom. The molecule has 1 saturated carbocycles. The number of hydrogen-bond acceptors (Lipinski definition) is 5. The quantitative estimate of drug-likeness (QED) is 0.634. The van der Waals surface area contributed by atoms with Gasteiger partial charge >= 0.3 is 5.69 Å². The predicted octanol–water partition coefficient (Wildman–Crippen LogP) is 0.987. The second kappa shape index (κ2) is 5.24. The highest BCUT2D eigenvalue weighted by Crippen LogP contribution is 2.33. The van der Waals surface area contributed by atoms with Gasteiger partial charge in [0, 0.05) is 12.5 Å². The Hall–Kier alpha value is -2.29. The van der Waals surface area contributed by atoms with Crippen LogP contribution in [-0.4, -0.2) is 22.5 Å². The van der Waals surface area contributed by atoms with Gasteiger partial charge in [0.1, 0.15) is 6.10 Å². The van der Waals surface area contributed by atoms with Crippen LogP contribution in [0.5, 0.6) is 5.75 Å². The summed E-state index contributed by atoms with van der Waals surface area (Å²) in [5, 5.41) is 10.5. The Morgan fingerprint density at radius 3 is 2.62 bits per heavy atom. The average molecular weight is 301 g/mol. The lowest BCUT2D eigenvalue weighted by Gasteiger charge is -2.20. The molecule has 0 bridgehead atoms. The number of halogens is 2. The van der Waals surface area contributed by atoms with E-state index in [1.165, 1.54) is 0 Å². The number of nitro benzene ring substituents is 1. The molecule has 0 aromatic heterocycles. The first-order chi connectivity index (χ1) is 9.73. The fraction of sp³-hybridized carbons (Fsp3) is 0.417. The molecule has 0 heterocycles. The third-order valence-electron chi connectivity index (χ3n) is 3.49. The molecule has 0 radical (unpaired) electrons. The van der Waals surface area contributed by atoms with Crippen LogP contribution in [0, 0.1) is 21.7 Å². The van der Waals surface area contributed by atoms with Crippen LogP contribution in [0.4, 0.5) is 14.5 Å². The summed E-state index contributed by atoms with van der Waals surface area (Å²) < 4.78 is 32.4. The molecule has 1 amide bonds. The first kappa shape index (κ1) is 15.1. The minimum absolute atomic E-state index is 0.0698. The number of carbonyl (C=O) groups is 1. The van der Waals surface area contributed by atoms with E-state index in [0.29, 0.717) is 18.6 Å². The van der Waals surface area contributed by atoms with Crippen LogP contribution in [0.3, 0.4) is 0 Å². The standard InChI is InChI=1S/C12H13F2N3O4/c13-7-4-10(8(14)3-9(7)17(19)20)21-6-1-2-12(16,5-6)11(15)18/h3-4,6H,1-2,5,16H2,(H2,15,18). The van der Waals surface area contributed by atoms with Gasteiger partial charge in [-0.2, -0.15) is 4.39 Å². The number of carbonyl (C=O) groups excluding carboxylic acids is 1. The largest absolute Gasteiger partial charge is 0.487 e.